The van der Waals surface area contributed by atoms with Crippen LogP contribution < -0.4 is 30.2 Å². The summed E-state index contributed by atoms with van der Waals surface area (Å²) in [5, 5.41) is 4.99. The molecule has 3 heterocycles. The molecule has 5 rings (SSSR count). The molecule has 0 fully saturated rings. The molecule has 1 aliphatic heterocycles. The van der Waals surface area contributed by atoms with Crippen LogP contribution in [0, 0.1) is 0 Å². The van der Waals surface area contributed by atoms with E-state index in [1.807, 2.05) is 0 Å². The normalized spacial score (nSPS) is 13.6. The van der Waals surface area contributed by atoms with Gasteiger partial charge in [0.1, 0.15) is 12.1 Å². The van der Waals surface area contributed by atoms with Crippen LogP contribution in [0.15, 0.2) is 36.4 Å². The van der Waals surface area contributed by atoms with Gasteiger partial charge in [0.2, 0.25) is 34.4 Å². The summed E-state index contributed by atoms with van der Waals surface area (Å²) in [5.41, 5.74) is 2.06. The van der Waals surface area contributed by atoms with Crippen molar-refractivity contribution in [2.24, 2.45) is 0 Å². The fraction of sp³-hybridized carbons (Fsp3) is 0.312. The minimum absolute atomic E-state index is 0.103. The maximum Gasteiger partial charge on any atom is 0.328 e. The predicted molar refractivity (Wildman–Crippen MR) is 193 cm³/mol. The number of benzene rings is 2. The third kappa shape index (κ3) is 7.87. The summed E-state index contributed by atoms with van der Waals surface area (Å²) < 4.78 is 9.52. The van der Waals surface area contributed by atoms with E-state index in [2.05, 4.69) is 40.5 Å². The molecule has 18 nitrogen and oxygen atoms in total. The summed E-state index contributed by atoms with van der Waals surface area (Å²) >= 11 is 12.9. The lowest BCUT2D eigenvalue weighted by Crippen LogP contribution is -2.39. The quantitative estimate of drug-likeness (QED) is 0.271. The summed E-state index contributed by atoms with van der Waals surface area (Å²) in [6.07, 6.45) is 0. The van der Waals surface area contributed by atoms with Gasteiger partial charge >= 0.3 is 11.9 Å². The highest BCUT2D eigenvalue weighted by atomic mass is 35.5. The maximum atomic E-state index is 13.5. The number of rotatable bonds is 6. The van der Waals surface area contributed by atoms with Gasteiger partial charge in [-0.15, -0.1) is 0 Å². The molecule has 0 aliphatic carbocycles. The second-order valence-electron chi connectivity index (χ2n) is 11.6. The van der Waals surface area contributed by atoms with Crippen LogP contribution in [0.4, 0.5) is 46.5 Å². The molecule has 4 aromatic rings. The number of anilines is 8. The first-order valence-corrected chi connectivity index (χ1v) is 16.2. The molecule has 2 amide bonds. The number of ether oxygens (including phenoxy) is 2. The van der Waals surface area contributed by atoms with Gasteiger partial charge < -0.3 is 39.7 Å². The van der Waals surface area contributed by atoms with Gasteiger partial charge in [-0.05, 0) is 73.4 Å². The zero-order valence-corrected chi connectivity index (χ0v) is 30.8. The van der Waals surface area contributed by atoms with Gasteiger partial charge in [-0.3, -0.25) is 9.59 Å². The average molecular weight is 754 g/mol. The minimum Gasteiger partial charge on any atom is -0.467 e. The molecule has 1 aliphatic rings. The monoisotopic (exact) mass is 752 g/mol. The predicted octanol–water partition coefficient (Wildman–Crippen LogP) is 3.33. The summed E-state index contributed by atoms with van der Waals surface area (Å²) in [4.78, 5) is 84.1. The molecule has 2 aromatic carbocycles. The molecule has 20 heteroatoms. The number of hydrogen-bond acceptors (Lipinski definition) is 16. The molecule has 8 bridgehead atoms. The van der Waals surface area contributed by atoms with E-state index in [0.29, 0.717) is 22.7 Å². The number of methoxy groups -OCH3 is 2. The van der Waals surface area contributed by atoms with Crippen LogP contribution in [0.2, 0.25) is 10.6 Å². The fourth-order valence-electron chi connectivity index (χ4n) is 4.98. The van der Waals surface area contributed by atoms with Crippen molar-refractivity contribution in [3.05, 3.63) is 58.1 Å². The smallest absolute Gasteiger partial charge is 0.328 e. The molecular weight excluding hydrogens is 719 g/mol. The minimum atomic E-state index is -0.938. The molecule has 0 radical (unpaired) electrons. The van der Waals surface area contributed by atoms with Crippen LogP contribution in [0.1, 0.15) is 34.6 Å². The fourth-order valence-corrected chi connectivity index (χ4v) is 5.28. The number of amides is 2. The first kappa shape index (κ1) is 37.4. The number of esters is 2. The lowest BCUT2D eigenvalue weighted by molar-refractivity contribution is -0.143. The van der Waals surface area contributed by atoms with Crippen molar-refractivity contribution in [1.29, 1.82) is 0 Å². The highest BCUT2D eigenvalue weighted by molar-refractivity contribution is 6.28. The van der Waals surface area contributed by atoms with Crippen LogP contribution in [0.5, 0.6) is 0 Å². The summed E-state index contributed by atoms with van der Waals surface area (Å²) in [6.45, 7) is 3.00. The van der Waals surface area contributed by atoms with E-state index in [1.54, 1.807) is 84.2 Å². The third-order valence-corrected chi connectivity index (χ3v) is 8.39. The van der Waals surface area contributed by atoms with Crippen molar-refractivity contribution >= 4 is 93.5 Å². The maximum absolute atomic E-state index is 13.5. The van der Waals surface area contributed by atoms with E-state index in [-0.39, 0.29) is 45.5 Å². The molecule has 2 atom stereocenters. The van der Waals surface area contributed by atoms with Crippen molar-refractivity contribution in [2.75, 3.05) is 62.0 Å². The first-order chi connectivity index (χ1) is 24.6. The second kappa shape index (κ2) is 15.2. The van der Waals surface area contributed by atoms with Crippen molar-refractivity contribution in [2.45, 2.75) is 25.9 Å². The lowest BCUT2D eigenvalue weighted by atomic mass is 10.1. The van der Waals surface area contributed by atoms with E-state index >= 15 is 0 Å². The van der Waals surface area contributed by atoms with E-state index < -0.39 is 35.8 Å². The van der Waals surface area contributed by atoms with Gasteiger partial charge in [0.15, 0.2) is 0 Å². The Morgan fingerprint density at radius 2 is 0.808 bits per heavy atom. The average Bonchev–Trinajstić information content (AvgIpc) is 3.14. The van der Waals surface area contributed by atoms with Crippen molar-refractivity contribution in [1.82, 2.24) is 40.5 Å². The molecule has 0 unspecified atom stereocenters. The molecule has 0 saturated carbocycles. The van der Waals surface area contributed by atoms with Gasteiger partial charge in [-0.1, -0.05) is 0 Å². The molecule has 0 saturated heterocycles. The summed E-state index contributed by atoms with van der Waals surface area (Å²) in [5.74, 6) is -1.97. The lowest BCUT2D eigenvalue weighted by Gasteiger charge is -2.27. The number of hydrogen-bond donors (Lipinski definition) is 2. The Labute approximate surface area is 308 Å². The van der Waals surface area contributed by atoms with Crippen LogP contribution >= 0.6 is 23.2 Å². The van der Waals surface area contributed by atoms with Crippen molar-refractivity contribution < 1.29 is 28.7 Å². The first-order valence-electron chi connectivity index (χ1n) is 15.5. The standard InChI is InChI=1S/C32H34Cl2N12O6/c1-15(25(49)51-7)35-23(47)17-9-19-13-20(10-17)44(4)30-38-28(34)40-32(42-30)46(6)22-12-18(24(48)36-16(2)26(50)52-8)11-21(14-22)45(5)31-39-27(33)37-29(41-31)43(19)3/h9-16H,1-8H3,(H,35,47)(H,36,48)/t15-,16-/m0/s1. The van der Waals surface area contributed by atoms with Gasteiger partial charge in [0.05, 0.1) is 14.2 Å². The highest BCUT2D eigenvalue weighted by Gasteiger charge is 2.25. The van der Waals surface area contributed by atoms with Gasteiger partial charge in [-0.25, -0.2) is 9.59 Å². The van der Waals surface area contributed by atoms with E-state index in [0.717, 1.165) is 0 Å². The number of nitrogens with zero attached hydrogens (tertiary/aromatic N) is 10. The topological polar surface area (TPSA) is 201 Å². The van der Waals surface area contributed by atoms with Crippen molar-refractivity contribution in [3.63, 3.8) is 0 Å². The summed E-state index contributed by atoms with van der Waals surface area (Å²) in [7, 11) is 9.10. The SMILES string of the molecule is COC(=O)[C@H](C)NC(=O)c1cc2cc(c1)N(C)c1nc(Cl)nc(n1)N(C)c1cc(C(=O)N[C@@H](C)C(=O)OC)cc(c1)N(C)c1nc(Cl)nc(n1)N2C. The molecule has 2 aromatic heterocycles. The number of halogens is 2. The van der Waals surface area contributed by atoms with Gasteiger partial charge in [-0.2, -0.15) is 29.9 Å². The third-order valence-electron chi connectivity index (χ3n) is 8.05. The Hall–Kier alpha value is -5.88. The van der Waals surface area contributed by atoms with E-state index in [4.69, 9.17) is 32.7 Å². The molecule has 0 spiro atoms. The Morgan fingerprint density at radius 3 is 1.06 bits per heavy atom. The molecule has 52 heavy (non-hydrogen) atoms. The Kier molecular flexibility index (Phi) is 10.9. The Balaban J connectivity index is 1.72. The molecule has 272 valence electrons. The van der Waals surface area contributed by atoms with Crippen LogP contribution in [-0.2, 0) is 19.1 Å². The Bertz CT molecular complexity index is 1830. The number of nitrogens with one attached hydrogen (secondary N) is 2. The number of carbonyl (C=O) groups is 4. The second-order valence-corrected chi connectivity index (χ2v) is 12.2. The molecule has 2 N–H and O–H groups in total. The van der Waals surface area contributed by atoms with Gasteiger partial charge in [0, 0.05) is 62.1 Å². The van der Waals surface area contributed by atoms with E-state index in [1.165, 1.54) is 28.1 Å². The number of fused-ring (bicyclic) bond motifs is 8. The Morgan fingerprint density at radius 1 is 0.538 bits per heavy atom. The largest absolute Gasteiger partial charge is 0.467 e. The highest BCUT2D eigenvalue weighted by Crippen LogP contribution is 2.35. The summed E-state index contributed by atoms with van der Waals surface area (Å²) in [6, 6.07) is 7.88. The number of aromatic nitrogens is 6. The van der Waals surface area contributed by atoms with Crippen LogP contribution in [0.3, 0.4) is 0 Å². The van der Waals surface area contributed by atoms with E-state index in [9.17, 15) is 19.2 Å². The zero-order valence-electron chi connectivity index (χ0n) is 29.3. The van der Waals surface area contributed by atoms with Crippen molar-refractivity contribution in [3.8, 4) is 0 Å². The zero-order chi connectivity index (χ0) is 38.0. The number of carbonyl (C=O) groups excluding carboxylic acids is 4. The van der Waals surface area contributed by atoms with Crippen LogP contribution in [0.25, 0.3) is 0 Å². The molecular formula is C32H34Cl2N12O6. The van der Waals surface area contributed by atoms with Gasteiger partial charge in [0.25, 0.3) is 11.8 Å². The van der Waals surface area contributed by atoms with Crippen LogP contribution in [-0.4, -0.2) is 108 Å².